The Morgan fingerprint density at radius 1 is 1.15 bits per heavy atom. The highest BCUT2D eigenvalue weighted by Crippen LogP contribution is 2.33. The number of nitrogens with one attached hydrogen (secondary N) is 2. The van der Waals surface area contributed by atoms with Crippen LogP contribution in [-0.2, 0) is 6.42 Å². The Morgan fingerprint density at radius 3 is 2.69 bits per heavy atom. The molecule has 3 N–H and O–H groups in total. The molecular formula is C19H16ClN3O2S. The summed E-state index contributed by atoms with van der Waals surface area (Å²) in [7, 11) is 0. The van der Waals surface area contributed by atoms with E-state index in [1.165, 1.54) is 4.57 Å². The van der Waals surface area contributed by atoms with Gasteiger partial charge in [0.15, 0.2) is 4.77 Å². The van der Waals surface area contributed by atoms with Gasteiger partial charge < -0.3 is 10.4 Å². The van der Waals surface area contributed by atoms with Gasteiger partial charge in [-0.15, -0.1) is 0 Å². The van der Waals surface area contributed by atoms with Crippen LogP contribution in [0, 0.1) is 4.77 Å². The highest BCUT2D eigenvalue weighted by molar-refractivity contribution is 7.71. The van der Waals surface area contributed by atoms with E-state index in [2.05, 4.69) is 10.3 Å². The van der Waals surface area contributed by atoms with Crippen molar-refractivity contribution in [2.75, 3.05) is 6.54 Å². The summed E-state index contributed by atoms with van der Waals surface area (Å²) in [4.78, 5) is 15.3. The smallest absolute Gasteiger partial charge is 0.260 e. The fourth-order valence-electron chi connectivity index (χ4n) is 3.42. The standard InChI is InChI=1S/C19H16ClN3O2S/c20-13-7-3-4-8-14(13)23-18(25)15(17(24)22-19(23)26)16-12-6-2-1-5-11(12)9-10-21-16/h1-8,16,21,25H,9-10H2,(H,22,24,26). The summed E-state index contributed by atoms with van der Waals surface area (Å²) < 4.78 is 1.49. The van der Waals surface area contributed by atoms with E-state index in [0.717, 1.165) is 17.5 Å². The van der Waals surface area contributed by atoms with Crippen molar-refractivity contribution in [1.82, 2.24) is 14.9 Å². The normalized spacial score (nSPS) is 16.3. The lowest BCUT2D eigenvalue weighted by Gasteiger charge is -2.27. The first-order chi connectivity index (χ1) is 12.6. The van der Waals surface area contributed by atoms with Gasteiger partial charge in [-0.1, -0.05) is 48.0 Å². The van der Waals surface area contributed by atoms with Crippen molar-refractivity contribution in [3.63, 3.8) is 0 Å². The molecule has 0 spiro atoms. The summed E-state index contributed by atoms with van der Waals surface area (Å²) in [5, 5.41) is 14.7. The number of aromatic amines is 1. The first-order valence-electron chi connectivity index (χ1n) is 8.22. The first kappa shape index (κ1) is 17.0. The van der Waals surface area contributed by atoms with Gasteiger partial charge in [0, 0.05) is 6.54 Å². The molecule has 5 nitrogen and oxygen atoms in total. The third kappa shape index (κ3) is 2.76. The Bertz CT molecular complexity index is 1110. The molecule has 0 saturated heterocycles. The Balaban J connectivity index is 1.98. The van der Waals surface area contributed by atoms with Crippen molar-refractivity contribution in [1.29, 1.82) is 0 Å². The Morgan fingerprint density at radius 2 is 1.88 bits per heavy atom. The lowest BCUT2D eigenvalue weighted by Crippen LogP contribution is -2.35. The van der Waals surface area contributed by atoms with Gasteiger partial charge in [0.2, 0.25) is 5.88 Å². The number of aromatic nitrogens is 2. The van der Waals surface area contributed by atoms with Gasteiger partial charge in [0.05, 0.1) is 22.3 Å². The van der Waals surface area contributed by atoms with Crippen molar-refractivity contribution in [3.8, 4) is 11.6 Å². The zero-order chi connectivity index (χ0) is 18.3. The number of rotatable bonds is 2. The van der Waals surface area contributed by atoms with Gasteiger partial charge in [0.25, 0.3) is 5.56 Å². The Kier molecular flexibility index (Phi) is 4.40. The summed E-state index contributed by atoms with van der Waals surface area (Å²) >= 11 is 11.6. The number of H-pyrrole nitrogens is 1. The quantitative estimate of drug-likeness (QED) is 0.590. The van der Waals surface area contributed by atoms with Crippen LogP contribution in [0.15, 0.2) is 53.3 Å². The molecule has 3 aromatic rings. The fourth-order valence-corrected chi connectivity index (χ4v) is 3.92. The minimum atomic E-state index is -0.423. The molecule has 2 heterocycles. The van der Waals surface area contributed by atoms with Gasteiger partial charge >= 0.3 is 0 Å². The van der Waals surface area contributed by atoms with Crippen LogP contribution < -0.4 is 10.9 Å². The van der Waals surface area contributed by atoms with Crippen LogP contribution in [0.25, 0.3) is 5.69 Å². The molecule has 1 aromatic heterocycles. The molecule has 0 fully saturated rings. The van der Waals surface area contributed by atoms with Crippen molar-refractivity contribution in [2.45, 2.75) is 12.5 Å². The molecular weight excluding hydrogens is 370 g/mol. The molecule has 1 aliphatic rings. The third-order valence-electron chi connectivity index (χ3n) is 4.61. The highest BCUT2D eigenvalue weighted by Gasteiger charge is 2.28. The number of halogens is 1. The van der Waals surface area contributed by atoms with E-state index in [0.29, 0.717) is 17.3 Å². The van der Waals surface area contributed by atoms with Crippen molar-refractivity contribution in [2.24, 2.45) is 0 Å². The molecule has 7 heteroatoms. The molecule has 0 aliphatic carbocycles. The Labute approximate surface area is 159 Å². The van der Waals surface area contributed by atoms with Crippen LogP contribution in [-0.4, -0.2) is 21.2 Å². The summed E-state index contributed by atoms with van der Waals surface area (Å²) in [5.74, 6) is -0.207. The van der Waals surface area contributed by atoms with E-state index in [-0.39, 0.29) is 16.2 Å². The third-order valence-corrected chi connectivity index (χ3v) is 5.22. The van der Waals surface area contributed by atoms with Crippen LogP contribution >= 0.6 is 23.8 Å². The molecule has 0 radical (unpaired) electrons. The number of hydrogen-bond donors (Lipinski definition) is 3. The van der Waals surface area contributed by atoms with E-state index >= 15 is 0 Å². The second kappa shape index (κ2) is 6.72. The van der Waals surface area contributed by atoms with Crippen molar-refractivity contribution in [3.05, 3.63) is 85.4 Å². The summed E-state index contributed by atoms with van der Waals surface area (Å²) in [5.41, 5.74) is 2.46. The molecule has 2 aromatic carbocycles. The molecule has 26 heavy (non-hydrogen) atoms. The van der Waals surface area contributed by atoms with Gasteiger partial charge in [-0.05, 0) is 41.9 Å². The molecule has 132 valence electrons. The maximum absolute atomic E-state index is 12.7. The lowest BCUT2D eigenvalue weighted by atomic mass is 9.90. The first-order valence-corrected chi connectivity index (χ1v) is 9.01. The van der Waals surface area contributed by atoms with E-state index in [1.807, 2.05) is 24.3 Å². The average Bonchev–Trinajstić information content (AvgIpc) is 2.63. The van der Waals surface area contributed by atoms with Crippen LogP contribution in [0.1, 0.15) is 22.7 Å². The van der Waals surface area contributed by atoms with Crippen molar-refractivity contribution >= 4 is 23.8 Å². The number of hydrogen-bond acceptors (Lipinski definition) is 4. The van der Waals surface area contributed by atoms with E-state index in [9.17, 15) is 9.90 Å². The molecule has 1 atom stereocenters. The second-order valence-electron chi connectivity index (χ2n) is 6.12. The minimum Gasteiger partial charge on any atom is -0.494 e. The molecule has 4 rings (SSSR count). The number of fused-ring (bicyclic) bond motifs is 1. The Hall–Kier alpha value is -2.41. The zero-order valence-corrected chi connectivity index (χ0v) is 15.3. The number of para-hydroxylation sites is 1. The molecule has 1 unspecified atom stereocenters. The van der Waals surface area contributed by atoms with Crippen molar-refractivity contribution < 1.29 is 5.11 Å². The zero-order valence-electron chi connectivity index (χ0n) is 13.7. The summed E-state index contributed by atoms with van der Waals surface area (Å²) in [6, 6.07) is 14.5. The largest absolute Gasteiger partial charge is 0.494 e. The predicted molar refractivity (Wildman–Crippen MR) is 104 cm³/mol. The maximum atomic E-state index is 12.7. The van der Waals surface area contributed by atoms with Crippen LogP contribution in [0.4, 0.5) is 0 Å². The fraction of sp³-hybridized carbons (Fsp3) is 0.158. The van der Waals surface area contributed by atoms with Crippen LogP contribution in [0.5, 0.6) is 5.88 Å². The highest BCUT2D eigenvalue weighted by atomic mass is 35.5. The van der Waals surface area contributed by atoms with Gasteiger partial charge in [-0.2, -0.15) is 0 Å². The monoisotopic (exact) mass is 385 g/mol. The van der Waals surface area contributed by atoms with Gasteiger partial charge in [-0.25, -0.2) is 0 Å². The predicted octanol–water partition coefficient (Wildman–Crippen LogP) is 3.49. The van der Waals surface area contributed by atoms with Gasteiger partial charge in [-0.3, -0.25) is 14.3 Å². The molecule has 0 saturated carbocycles. The van der Waals surface area contributed by atoms with Gasteiger partial charge in [0.1, 0.15) is 0 Å². The van der Waals surface area contributed by atoms with E-state index < -0.39 is 11.6 Å². The lowest BCUT2D eigenvalue weighted by molar-refractivity contribution is 0.413. The summed E-state index contributed by atoms with van der Waals surface area (Å²) in [6.07, 6.45) is 0.870. The molecule has 0 amide bonds. The second-order valence-corrected chi connectivity index (χ2v) is 6.91. The summed E-state index contributed by atoms with van der Waals surface area (Å²) in [6.45, 7) is 0.711. The topological polar surface area (TPSA) is 70.0 Å². The minimum absolute atomic E-state index is 0.0912. The molecule has 1 aliphatic heterocycles. The average molecular weight is 386 g/mol. The van der Waals surface area contributed by atoms with E-state index in [4.69, 9.17) is 23.8 Å². The number of nitrogens with zero attached hydrogens (tertiary/aromatic N) is 1. The van der Waals surface area contributed by atoms with E-state index in [1.54, 1.807) is 24.3 Å². The maximum Gasteiger partial charge on any atom is 0.260 e. The number of aromatic hydroxyl groups is 1. The SMILES string of the molecule is O=c1[nH]c(=S)n(-c2ccccc2Cl)c(O)c1C1NCCc2ccccc21. The van der Waals surface area contributed by atoms with Crippen LogP contribution in [0.3, 0.4) is 0 Å². The molecule has 0 bridgehead atoms. The number of benzene rings is 2. The van der Waals surface area contributed by atoms with Crippen LogP contribution in [0.2, 0.25) is 5.02 Å².